The molecule has 1 spiro atoms. The summed E-state index contributed by atoms with van der Waals surface area (Å²) in [6.07, 6.45) is 3.01. The topological polar surface area (TPSA) is 81.8 Å². The molecule has 7 heteroatoms. The predicted molar refractivity (Wildman–Crippen MR) is 103 cm³/mol. The highest BCUT2D eigenvalue weighted by Crippen LogP contribution is 2.35. The smallest absolute Gasteiger partial charge is 0.344 e. The third-order valence-electron chi connectivity index (χ3n) is 5.76. The largest absolute Gasteiger partial charge is 0.372 e. The molecule has 7 nitrogen and oxygen atoms in total. The first kappa shape index (κ1) is 19.2. The van der Waals surface area contributed by atoms with Crippen LogP contribution in [0.15, 0.2) is 24.3 Å². The average molecular weight is 372 g/mol. The molecule has 3 rings (SSSR count). The van der Waals surface area contributed by atoms with E-state index in [-0.39, 0.29) is 5.91 Å². The van der Waals surface area contributed by atoms with Gasteiger partial charge < -0.3 is 10.2 Å². The number of amides is 4. The second kappa shape index (κ2) is 7.58. The number of carbonyl (C=O) groups is 3. The minimum absolute atomic E-state index is 0.354. The van der Waals surface area contributed by atoms with Crippen LogP contribution in [0.3, 0.4) is 0 Å². The van der Waals surface area contributed by atoms with Crippen LogP contribution in [0.1, 0.15) is 56.8 Å². The molecule has 0 unspecified atom stereocenters. The van der Waals surface area contributed by atoms with Crippen molar-refractivity contribution in [2.75, 3.05) is 18.0 Å². The van der Waals surface area contributed by atoms with Gasteiger partial charge in [0.25, 0.3) is 11.8 Å². The van der Waals surface area contributed by atoms with Crippen LogP contribution < -0.4 is 15.6 Å². The zero-order valence-corrected chi connectivity index (χ0v) is 16.2. The van der Waals surface area contributed by atoms with Crippen LogP contribution in [0.4, 0.5) is 10.5 Å². The van der Waals surface area contributed by atoms with Crippen molar-refractivity contribution in [3.8, 4) is 0 Å². The first-order valence-corrected chi connectivity index (χ1v) is 9.73. The summed E-state index contributed by atoms with van der Waals surface area (Å²) >= 11 is 0. The summed E-state index contributed by atoms with van der Waals surface area (Å²) in [6, 6.07) is 6.61. The average Bonchev–Trinajstić information content (AvgIpc) is 2.90. The maximum absolute atomic E-state index is 12.8. The first-order chi connectivity index (χ1) is 12.9. The number of anilines is 1. The van der Waals surface area contributed by atoms with E-state index in [1.54, 1.807) is 12.1 Å². The Hall–Kier alpha value is -2.57. The maximum atomic E-state index is 12.8. The predicted octanol–water partition coefficient (Wildman–Crippen LogP) is 2.68. The monoisotopic (exact) mass is 372 g/mol. The van der Waals surface area contributed by atoms with E-state index in [4.69, 9.17) is 0 Å². The molecule has 4 amide bonds. The SMILES string of the molecule is CCN(CC)c1ccc(C(=O)NN2C(=O)NC3(CCC(C)CC3)C2=O)cc1. The lowest BCUT2D eigenvalue weighted by Crippen LogP contribution is -2.51. The Balaban J connectivity index is 1.69. The molecule has 146 valence electrons. The molecule has 1 aliphatic heterocycles. The van der Waals surface area contributed by atoms with Crippen LogP contribution in [-0.4, -0.2) is 41.5 Å². The molecule has 1 aromatic carbocycles. The van der Waals surface area contributed by atoms with Gasteiger partial charge in [0.1, 0.15) is 5.54 Å². The van der Waals surface area contributed by atoms with E-state index in [0.29, 0.717) is 24.3 Å². The van der Waals surface area contributed by atoms with Gasteiger partial charge in [-0.15, -0.1) is 0 Å². The van der Waals surface area contributed by atoms with Crippen molar-refractivity contribution in [3.05, 3.63) is 29.8 Å². The van der Waals surface area contributed by atoms with Gasteiger partial charge in [-0.3, -0.25) is 15.0 Å². The normalized spacial score (nSPS) is 24.9. The summed E-state index contributed by atoms with van der Waals surface area (Å²) in [6.45, 7) is 8.05. The molecule has 1 aliphatic carbocycles. The van der Waals surface area contributed by atoms with Crippen molar-refractivity contribution < 1.29 is 14.4 Å². The van der Waals surface area contributed by atoms with Crippen LogP contribution in [-0.2, 0) is 4.79 Å². The number of imide groups is 1. The van der Waals surface area contributed by atoms with E-state index >= 15 is 0 Å². The first-order valence-electron chi connectivity index (χ1n) is 9.73. The van der Waals surface area contributed by atoms with Gasteiger partial charge in [-0.2, -0.15) is 5.01 Å². The Morgan fingerprint density at radius 1 is 1.19 bits per heavy atom. The molecule has 0 bridgehead atoms. The van der Waals surface area contributed by atoms with Crippen molar-refractivity contribution in [2.24, 2.45) is 5.92 Å². The molecular formula is C20H28N4O3. The highest BCUT2D eigenvalue weighted by atomic mass is 16.2. The molecule has 1 saturated carbocycles. The van der Waals surface area contributed by atoms with Crippen molar-refractivity contribution >= 4 is 23.5 Å². The second-order valence-corrected chi connectivity index (χ2v) is 7.50. The highest BCUT2D eigenvalue weighted by Gasteiger charge is 2.52. The Morgan fingerprint density at radius 3 is 2.33 bits per heavy atom. The van der Waals surface area contributed by atoms with E-state index in [2.05, 4.69) is 36.4 Å². The summed E-state index contributed by atoms with van der Waals surface area (Å²) in [5, 5.41) is 3.65. The summed E-state index contributed by atoms with van der Waals surface area (Å²) < 4.78 is 0. The van der Waals surface area contributed by atoms with Crippen molar-refractivity contribution in [2.45, 2.75) is 52.0 Å². The summed E-state index contributed by atoms with van der Waals surface area (Å²) in [7, 11) is 0. The number of urea groups is 1. The van der Waals surface area contributed by atoms with Crippen molar-refractivity contribution in [3.63, 3.8) is 0 Å². The van der Waals surface area contributed by atoms with Gasteiger partial charge in [-0.1, -0.05) is 6.92 Å². The molecule has 2 N–H and O–H groups in total. The number of nitrogens with one attached hydrogen (secondary N) is 2. The summed E-state index contributed by atoms with van der Waals surface area (Å²) in [4.78, 5) is 39.8. The summed E-state index contributed by atoms with van der Waals surface area (Å²) in [5.41, 5.74) is 3.05. The third kappa shape index (κ3) is 3.63. The number of hydrogen-bond acceptors (Lipinski definition) is 4. The number of hydrogen-bond donors (Lipinski definition) is 2. The van der Waals surface area contributed by atoms with Crippen LogP contribution in [0, 0.1) is 5.92 Å². The molecule has 2 aliphatic rings. The molecule has 1 saturated heterocycles. The molecule has 1 heterocycles. The second-order valence-electron chi connectivity index (χ2n) is 7.50. The van der Waals surface area contributed by atoms with Crippen molar-refractivity contribution in [1.82, 2.24) is 15.8 Å². The molecule has 1 aromatic rings. The Kier molecular flexibility index (Phi) is 5.39. The Bertz CT molecular complexity index is 719. The van der Waals surface area contributed by atoms with E-state index in [1.807, 2.05) is 12.1 Å². The molecular weight excluding hydrogens is 344 g/mol. The minimum Gasteiger partial charge on any atom is -0.372 e. The summed E-state index contributed by atoms with van der Waals surface area (Å²) in [5.74, 6) is -0.272. The zero-order chi connectivity index (χ0) is 19.6. The van der Waals surface area contributed by atoms with Crippen LogP contribution >= 0.6 is 0 Å². The standard InChI is InChI=1S/C20H28N4O3/c1-4-23(5-2)16-8-6-15(7-9-16)17(25)22-24-18(26)20(21-19(24)27)12-10-14(3)11-13-20/h6-9,14H,4-5,10-13H2,1-3H3,(H,21,27)(H,22,25). The lowest BCUT2D eigenvalue weighted by atomic mass is 9.77. The van der Waals surface area contributed by atoms with Gasteiger partial charge in [0, 0.05) is 24.3 Å². The number of nitrogens with zero attached hydrogens (tertiary/aromatic N) is 2. The van der Waals surface area contributed by atoms with E-state index < -0.39 is 17.5 Å². The zero-order valence-electron chi connectivity index (χ0n) is 16.2. The Labute approximate surface area is 160 Å². The third-order valence-corrected chi connectivity index (χ3v) is 5.76. The van der Waals surface area contributed by atoms with Gasteiger partial charge in [-0.25, -0.2) is 4.79 Å². The minimum atomic E-state index is -0.858. The van der Waals surface area contributed by atoms with Gasteiger partial charge >= 0.3 is 6.03 Å². The number of rotatable bonds is 5. The highest BCUT2D eigenvalue weighted by molar-refractivity contribution is 6.09. The molecule has 0 radical (unpaired) electrons. The lowest BCUT2D eigenvalue weighted by Gasteiger charge is -2.33. The quantitative estimate of drug-likeness (QED) is 0.779. The van der Waals surface area contributed by atoms with Gasteiger partial charge in [0.2, 0.25) is 0 Å². The van der Waals surface area contributed by atoms with Gasteiger partial charge in [0.05, 0.1) is 0 Å². The Morgan fingerprint density at radius 2 is 1.78 bits per heavy atom. The number of hydrazine groups is 1. The van der Waals surface area contributed by atoms with Crippen LogP contribution in [0.25, 0.3) is 0 Å². The fraction of sp³-hybridized carbons (Fsp3) is 0.550. The number of carbonyl (C=O) groups excluding carboxylic acids is 3. The van der Waals surface area contributed by atoms with E-state index in [9.17, 15) is 14.4 Å². The van der Waals surface area contributed by atoms with Crippen LogP contribution in [0.5, 0.6) is 0 Å². The van der Waals surface area contributed by atoms with Gasteiger partial charge in [0.15, 0.2) is 0 Å². The number of benzene rings is 1. The maximum Gasteiger partial charge on any atom is 0.344 e. The van der Waals surface area contributed by atoms with E-state index in [1.165, 1.54) is 0 Å². The molecule has 2 fully saturated rings. The van der Waals surface area contributed by atoms with Crippen LogP contribution in [0.2, 0.25) is 0 Å². The molecule has 27 heavy (non-hydrogen) atoms. The van der Waals surface area contributed by atoms with Gasteiger partial charge in [-0.05, 0) is 69.7 Å². The molecule has 0 aromatic heterocycles. The molecule has 0 atom stereocenters. The van der Waals surface area contributed by atoms with Crippen molar-refractivity contribution in [1.29, 1.82) is 0 Å². The van der Waals surface area contributed by atoms with E-state index in [0.717, 1.165) is 36.6 Å². The fourth-order valence-corrected chi connectivity index (χ4v) is 3.89. The fourth-order valence-electron chi connectivity index (χ4n) is 3.89. The lowest BCUT2D eigenvalue weighted by molar-refractivity contribution is -0.134.